The van der Waals surface area contributed by atoms with E-state index in [4.69, 9.17) is 22.0 Å². The van der Waals surface area contributed by atoms with E-state index in [2.05, 4.69) is 51.7 Å². The first-order valence-electron chi connectivity index (χ1n) is 26.5. The van der Waals surface area contributed by atoms with Gasteiger partial charge in [-0.15, -0.1) is 0 Å². The second kappa shape index (κ2) is 23.3. The van der Waals surface area contributed by atoms with E-state index in [9.17, 15) is 14.4 Å². The smallest absolute Gasteiger partial charge is 0.263 e. The zero-order chi connectivity index (χ0) is 55.5. The molecular weight excluding hydrogens is 1010 g/mol. The van der Waals surface area contributed by atoms with Gasteiger partial charge in [0.1, 0.15) is 30.1 Å². The Balaban J connectivity index is 0.000000178. The van der Waals surface area contributed by atoms with Gasteiger partial charge in [-0.3, -0.25) is 33.3 Å². The summed E-state index contributed by atoms with van der Waals surface area (Å²) < 4.78 is 7.72. The Hall–Kier alpha value is -8.30. The van der Waals surface area contributed by atoms with Crippen LogP contribution in [0.1, 0.15) is 51.8 Å². The number of benzene rings is 4. The molecule has 2 aliphatic rings. The van der Waals surface area contributed by atoms with Crippen molar-refractivity contribution in [3.63, 3.8) is 0 Å². The van der Waals surface area contributed by atoms with E-state index in [1.165, 1.54) is 12.7 Å². The summed E-state index contributed by atoms with van der Waals surface area (Å²) in [5, 5.41) is 21.1. The van der Waals surface area contributed by atoms with Gasteiger partial charge in [0.2, 0.25) is 5.91 Å². The van der Waals surface area contributed by atoms with Crippen LogP contribution in [-0.4, -0.2) is 135 Å². The van der Waals surface area contributed by atoms with Gasteiger partial charge in [-0.1, -0.05) is 84.7 Å². The van der Waals surface area contributed by atoms with Crippen molar-refractivity contribution in [2.24, 2.45) is 0 Å². The highest BCUT2D eigenvalue weighted by atomic mass is 32.2. The number of pyridine rings is 2. The van der Waals surface area contributed by atoms with Crippen molar-refractivity contribution < 1.29 is 4.79 Å². The maximum absolute atomic E-state index is 14.0. The Bertz CT molecular complexity index is 3890. The van der Waals surface area contributed by atoms with Crippen LogP contribution >= 0.6 is 11.9 Å². The predicted octanol–water partition coefficient (Wildman–Crippen LogP) is 6.90. The lowest BCUT2D eigenvalue weighted by Crippen LogP contribution is -2.47. The zero-order valence-corrected chi connectivity index (χ0v) is 46.3. The minimum absolute atomic E-state index is 0.0590. The Kier molecular flexibility index (Phi) is 16.0. The summed E-state index contributed by atoms with van der Waals surface area (Å²) in [5.41, 5.74) is 21.9. The Morgan fingerprint density at radius 1 is 0.633 bits per heavy atom. The zero-order valence-electron chi connectivity index (χ0n) is 45.5. The summed E-state index contributed by atoms with van der Waals surface area (Å²) >= 11 is 1.75. The van der Waals surface area contributed by atoms with Gasteiger partial charge in [0.05, 0.1) is 57.6 Å². The molecule has 0 radical (unpaired) electrons. The molecule has 2 saturated heterocycles. The lowest BCUT2D eigenvalue weighted by molar-refractivity contribution is -0.130. The van der Waals surface area contributed by atoms with Crippen molar-refractivity contribution in [3.8, 4) is 11.4 Å². The highest BCUT2D eigenvalue weighted by Gasteiger charge is 2.26. The maximum atomic E-state index is 14.0. The Morgan fingerprint density at radius 3 is 1.77 bits per heavy atom. The van der Waals surface area contributed by atoms with Gasteiger partial charge in [-0.25, -0.2) is 28.9 Å². The molecule has 0 spiro atoms. The molecule has 0 atom stereocenters. The molecule has 0 aliphatic carbocycles. The number of nitrogen functional groups attached to an aromatic ring is 2. The minimum atomic E-state index is -0.0610. The fourth-order valence-corrected chi connectivity index (χ4v) is 11.4. The number of piperazine rings is 2. The molecule has 0 bridgehead atoms. The standard InChI is InChI=1S/C30H32N8O2.C29H34N8OS/c1-19-7-4-5-10-25(19)38-23(15-22-9-6-8-20(2)26(22)30(38)40)16-37-29-27(28(31)32-18-33-29)24(34-37)17-35-11-13-36(14-12-35)21(3)39;1-19-7-4-5-10-24(19)37-22(15-21-9-6-8-20(2)25(21)29(37)38)16-32-28-26(27(31)33-18-34-28)23(30)17-35-11-13-36(39-3)14-12-35/h4-10,15,18H,11-14,16-17H2,1-3H3,(H2,31,32,33);4-10,15,18,30H,11-14,16-17H2,1-3H3,(H3,31,32,33,34). The van der Waals surface area contributed by atoms with Gasteiger partial charge in [0, 0.05) is 83.8 Å². The van der Waals surface area contributed by atoms with Gasteiger partial charge < -0.3 is 27.1 Å². The van der Waals surface area contributed by atoms with Crippen molar-refractivity contribution in [3.05, 3.63) is 175 Å². The van der Waals surface area contributed by atoms with E-state index < -0.39 is 0 Å². The van der Waals surface area contributed by atoms with Crippen molar-refractivity contribution in [1.82, 2.24) is 57.9 Å². The molecule has 406 valence electrons. The summed E-state index contributed by atoms with van der Waals surface area (Å²) in [6.07, 6.45) is 4.94. The lowest BCUT2D eigenvalue weighted by atomic mass is 10.1. The average Bonchev–Trinajstić information content (AvgIpc) is 3.93. The summed E-state index contributed by atoms with van der Waals surface area (Å²) in [6.45, 7) is 17.8. The van der Waals surface area contributed by atoms with Crippen LogP contribution in [0.4, 0.5) is 17.5 Å². The molecule has 9 aromatic rings. The number of aryl methyl sites for hydroxylation is 4. The Labute approximate surface area is 462 Å². The van der Waals surface area contributed by atoms with Crippen LogP contribution in [0.15, 0.2) is 119 Å². The quantitative estimate of drug-likeness (QED) is 0.0680. The van der Waals surface area contributed by atoms with E-state index in [-0.39, 0.29) is 22.8 Å². The first-order valence-corrected chi connectivity index (χ1v) is 27.6. The number of carbonyl (C=O) groups excluding carboxylic acids is 1. The first-order chi connectivity index (χ1) is 38.2. The third kappa shape index (κ3) is 11.2. The van der Waals surface area contributed by atoms with E-state index in [0.717, 1.165) is 106 Å². The number of para-hydroxylation sites is 2. The third-order valence-corrected chi connectivity index (χ3v) is 16.0. The minimum Gasteiger partial charge on any atom is -0.383 e. The van der Waals surface area contributed by atoms with Crippen molar-refractivity contribution >= 4 is 73.6 Å². The number of amides is 1. The molecule has 0 unspecified atom stereocenters. The summed E-state index contributed by atoms with van der Waals surface area (Å²) in [4.78, 5) is 63.5. The number of hydrogen-bond donors (Lipinski definition) is 4. The number of nitrogens with one attached hydrogen (secondary N) is 2. The van der Waals surface area contributed by atoms with E-state index in [1.807, 2.05) is 128 Å². The topological polar surface area (TPSA) is 231 Å². The van der Waals surface area contributed by atoms with Crippen LogP contribution in [0.3, 0.4) is 0 Å². The largest absolute Gasteiger partial charge is 0.383 e. The number of nitrogens with two attached hydrogens (primary N) is 2. The van der Waals surface area contributed by atoms with Crippen LogP contribution in [0.2, 0.25) is 0 Å². The average molecular weight is 1080 g/mol. The normalized spacial score (nSPS) is 14.4. The highest BCUT2D eigenvalue weighted by Crippen LogP contribution is 2.28. The molecule has 7 heterocycles. The molecule has 4 aromatic carbocycles. The summed E-state index contributed by atoms with van der Waals surface area (Å²) in [5.74, 6) is 1.23. The second-order valence-electron chi connectivity index (χ2n) is 20.3. The molecule has 6 N–H and O–H groups in total. The van der Waals surface area contributed by atoms with Crippen molar-refractivity contribution in [1.29, 1.82) is 5.41 Å². The molecule has 0 saturated carbocycles. The highest BCUT2D eigenvalue weighted by molar-refractivity contribution is 7.96. The van der Waals surface area contributed by atoms with Crippen molar-refractivity contribution in [2.45, 2.75) is 54.3 Å². The fraction of sp³-hybridized carbons (Fsp3) is 0.305. The number of rotatable bonds is 13. The Morgan fingerprint density at radius 2 is 1.18 bits per heavy atom. The molecule has 1 amide bonds. The van der Waals surface area contributed by atoms with Crippen LogP contribution in [0.25, 0.3) is 44.0 Å². The molecule has 19 nitrogen and oxygen atoms in total. The van der Waals surface area contributed by atoms with Crippen LogP contribution in [0.5, 0.6) is 0 Å². The molecule has 20 heteroatoms. The van der Waals surface area contributed by atoms with Crippen LogP contribution in [0, 0.1) is 33.1 Å². The van der Waals surface area contributed by atoms with E-state index >= 15 is 0 Å². The molecule has 2 fully saturated rings. The number of nitrogens with zero attached hydrogens (tertiary/aromatic N) is 12. The monoisotopic (exact) mass is 1080 g/mol. The maximum Gasteiger partial charge on any atom is 0.263 e. The van der Waals surface area contributed by atoms with E-state index in [0.29, 0.717) is 78.6 Å². The molecule has 11 rings (SSSR count). The number of anilines is 3. The third-order valence-electron chi connectivity index (χ3n) is 15.1. The van der Waals surface area contributed by atoms with Crippen LogP contribution in [-0.2, 0) is 24.4 Å². The SMILES string of the molecule is CC(=O)N1CCN(Cc2nn(Cc3cc4cccc(C)c4c(=O)n3-c3ccccc3C)c3ncnc(N)c23)CC1.CSN1CCN(CC(=N)c2c(N)ncnc2NCc2cc3cccc(C)c3c(=O)n2-c2ccccc2C)CC1. The van der Waals surface area contributed by atoms with Gasteiger partial charge in [0.25, 0.3) is 11.1 Å². The van der Waals surface area contributed by atoms with Gasteiger partial charge in [0.15, 0.2) is 5.65 Å². The fourth-order valence-electron chi connectivity index (χ4n) is 10.9. The van der Waals surface area contributed by atoms with Crippen molar-refractivity contribution in [2.75, 3.05) is 81.9 Å². The second-order valence-corrected chi connectivity index (χ2v) is 21.1. The summed E-state index contributed by atoms with van der Waals surface area (Å²) in [7, 11) is 0. The predicted molar refractivity (Wildman–Crippen MR) is 317 cm³/mol. The summed E-state index contributed by atoms with van der Waals surface area (Å²) in [6, 6.07) is 31.7. The van der Waals surface area contributed by atoms with Gasteiger partial charge in [-0.05, 0) is 91.2 Å². The number of aromatic nitrogens is 8. The number of fused-ring (bicyclic) bond motifs is 3. The number of hydrogen-bond acceptors (Lipinski definition) is 16. The van der Waals surface area contributed by atoms with E-state index in [1.54, 1.807) is 28.0 Å². The number of carbonyl (C=O) groups is 1. The first kappa shape index (κ1) is 54.1. The van der Waals surface area contributed by atoms with Gasteiger partial charge in [-0.2, -0.15) is 5.10 Å². The lowest BCUT2D eigenvalue weighted by Gasteiger charge is -2.33. The molecule has 2 aliphatic heterocycles. The van der Waals surface area contributed by atoms with Crippen LogP contribution < -0.4 is 27.9 Å². The molecule has 5 aromatic heterocycles. The van der Waals surface area contributed by atoms with Gasteiger partial charge >= 0.3 is 0 Å². The molecule has 79 heavy (non-hydrogen) atoms. The molecular formula is C59H66N16O3S.